The Bertz CT molecular complexity index is 1230. The largest absolute Gasteiger partial charge is 0.417 e. The van der Waals surface area contributed by atoms with Crippen LogP contribution in [0.2, 0.25) is 0 Å². The van der Waals surface area contributed by atoms with Crippen molar-refractivity contribution in [1.29, 1.82) is 0 Å². The number of anilines is 1. The Labute approximate surface area is 182 Å². The van der Waals surface area contributed by atoms with Crippen LogP contribution in [0.25, 0.3) is 17.2 Å². The van der Waals surface area contributed by atoms with Gasteiger partial charge in [-0.15, -0.1) is 0 Å². The van der Waals surface area contributed by atoms with Gasteiger partial charge in [0.15, 0.2) is 5.82 Å². The average molecular weight is 469 g/mol. The Kier molecular flexibility index (Phi) is 5.81. The number of aromatic nitrogens is 4. The molecule has 0 spiro atoms. The second kappa shape index (κ2) is 8.30. The number of sulfonamides is 1. The Morgan fingerprint density at radius 3 is 2.75 bits per heavy atom. The van der Waals surface area contributed by atoms with Crippen molar-refractivity contribution in [1.82, 2.24) is 29.4 Å². The fourth-order valence-electron chi connectivity index (χ4n) is 3.72. The third kappa shape index (κ3) is 4.69. The van der Waals surface area contributed by atoms with Crippen molar-refractivity contribution < 1.29 is 21.6 Å². The maximum absolute atomic E-state index is 13.2. The van der Waals surface area contributed by atoms with Crippen LogP contribution in [0.1, 0.15) is 12.5 Å². The van der Waals surface area contributed by atoms with Crippen molar-refractivity contribution in [2.75, 3.05) is 30.8 Å². The van der Waals surface area contributed by atoms with Crippen LogP contribution in [0.5, 0.6) is 0 Å². The fraction of sp³-hybridized carbons (Fsp3) is 0.421. The van der Waals surface area contributed by atoms with E-state index in [0.717, 1.165) is 18.5 Å². The van der Waals surface area contributed by atoms with E-state index in [9.17, 15) is 21.6 Å². The lowest BCUT2D eigenvalue weighted by Crippen LogP contribution is -2.60. The van der Waals surface area contributed by atoms with Crippen molar-refractivity contribution in [3.8, 4) is 11.5 Å². The van der Waals surface area contributed by atoms with Crippen LogP contribution in [-0.2, 0) is 16.2 Å². The highest BCUT2D eigenvalue weighted by Gasteiger charge is 2.32. The Balaban J connectivity index is 1.64. The van der Waals surface area contributed by atoms with E-state index in [4.69, 9.17) is 0 Å². The molecule has 1 aliphatic rings. The Hall–Kier alpha value is -2.77. The second-order valence-electron chi connectivity index (χ2n) is 7.64. The van der Waals surface area contributed by atoms with Crippen molar-refractivity contribution >= 4 is 21.5 Å². The maximum atomic E-state index is 13.2. The molecule has 4 heterocycles. The predicted molar refractivity (Wildman–Crippen MR) is 113 cm³/mol. The Morgan fingerprint density at radius 1 is 1.25 bits per heavy atom. The first-order valence-corrected chi connectivity index (χ1v) is 11.7. The van der Waals surface area contributed by atoms with Crippen molar-refractivity contribution in [3.63, 3.8) is 0 Å². The highest BCUT2D eigenvalue weighted by molar-refractivity contribution is 7.88. The summed E-state index contributed by atoms with van der Waals surface area (Å²) < 4.78 is 66.2. The van der Waals surface area contributed by atoms with Crippen LogP contribution in [-0.4, -0.2) is 65.7 Å². The number of pyridine rings is 1. The molecular weight excluding hydrogens is 447 g/mol. The summed E-state index contributed by atoms with van der Waals surface area (Å²) in [5.74, 6) is 0.834. The minimum atomic E-state index is -4.48. The number of fused-ring (bicyclic) bond motifs is 1. The first-order chi connectivity index (χ1) is 15.0. The summed E-state index contributed by atoms with van der Waals surface area (Å²) in [5.41, 5.74) is -0.104. The minimum Gasteiger partial charge on any atom is -0.351 e. The SMILES string of the molecule is C[C@H]1[C@@H](CNS(C)(=O)=O)NCCN1c1ccnc(-c2cnc3ccc(C(F)(F)F)cn23)n1. The number of piperazine rings is 1. The number of halogens is 3. The summed E-state index contributed by atoms with van der Waals surface area (Å²) in [5, 5.41) is 3.30. The normalized spacial score (nSPS) is 20.1. The molecule has 0 unspecified atom stereocenters. The quantitative estimate of drug-likeness (QED) is 0.584. The lowest BCUT2D eigenvalue weighted by atomic mass is 10.1. The molecule has 1 aliphatic heterocycles. The van der Waals surface area contributed by atoms with Gasteiger partial charge in [0.1, 0.15) is 17.2 Å². The summed E-state index contributed by atoms with van der Waals surface area (Å²) in [6.45, 7) is 3.41. The van der Waals surface area contributed by atoms with Gasteiger partial charge < -0.3 is 10.2 Å². The topological polar surface area (TPSA) is 105 Å². The van der Waals surface area contributed by atoms with E-state index >= 15 is 0 Å². The molecule has 9 nitrogen and oxygen atoms in total. The van der Waals surface area contributed by atoms with E-state index in [1.54, 1.807) is 12.3 Å². The number of imidazole rings is 1. The van der Waals surface area contributed by atoms with Crippen LogP contribution in [0.3, 0.4) is 0 Å². The molecule has 2 N–H and O–H groups in total. The molecule has 0 saturated carbocycles. The van der Waals surface area contributed by atoms with Crippen LogP contribution in [0.15, 0.2) is 36.8 Å². The molecule has 0 bridgehead atoms. The monoisotopic (exact) mass is 469 g/mol. The molecule has 2 atom stereocenters. The van der Waals surface area contributed by atoms with E-state index < -0.39 is 21.8 Å². The maximum Gasteiger partial charge on any atom is 0.417 e. The van der Waals surface area contributed by atoms with Gasteiger partial charge in [-0.05, 0) is 25.1 Å². The third-order valence-corrected chi connectivity index (χ3v) is 6.09. The van der Waals surface area contributed by atoms with Gasteiger partial charge in [0.05, 0.1) is 18.0 Å². The molecular formula is C19H22F3N7O2S. The molecule has 13 heteroatoms. The molecule has 1 fully saturated rings. The number of nitrogens with one attached hydrogen (secondary N) is 2. The smallest absolute Gasteiger partial charge is 0.351 e. The zero-order valence-electron chi connectivity index (χ0n) is 17.3. The third-order valence-electron chi connectivity index (χ3n) is 5.40. The van der Waals surface area contributed by atoms with Gasteiger partial charge in [0, 0.05) is 44.1 Å². The lowest BCUT2D eigenvalue weighted by molar-refractivity contribution is -0.137. The van der Waals surface area contributed by atoms with E-state index in [1.165, 1.54) is 16.7 Å². The van der Waals surface area contributed by atoms with Crippen LogP contribution in [0, 0.1) is 0 Å². The van der Waals surface area contributed by atoms with Crippen molar-refractivity contribution in [3.05, 3.63) is 42.4 Å². The van der Waals surface area contributed by atoms with Gasteiger partial charge >= 0.3 is 6.18 Å². The first-order valence-electron chi connectivity index (χ1n) is 9.85. The number of alkyl halides is 3. The first kappa shape index (κ1) is 22.4. The zero-order valence-corrected chi connectivity index (χ0v) is 18.2. The number of nitrogens with zero attached hydrogens (tertiary/aromatic N) is 5. The number of hydrogen-bond acceptors (Lipinski definition) is 7. The van der Waals surface area contributed by atoms with Crippen LogP contribution < -0.4 is 14.9 Å². The summed E-state index contributed by atoms with van der Waals surface area (Å²) in [4.78, 5) is 15.0. The zero-order chi connectivity index (χ0) is 23.1. The predicted octanol–water partition coefficient (Wildman–Crippen LogP) is 1.53. The average Bonchev–Trinajstić information content (AvgIpc) is 3.15. The molecule has 0 amide bonds. The van der Waals surface area contributed by atoms with Crippen LogP contribution in [0.4, 0.5) is 19.0 Å². The molecule has 1 saturated heterocycles. The van der Waals surface area contributed by atoms with Gasteiger partial charge in [-0.1, -0.05) is 0 Å². The molecule has 3 aromatic heterocycles. The second-order valence-corrected chi connectivity index (χ2v) is 9.47. The van der Waals surface area contributed by atoms with Crippen molar-refractivity contribution in [2.24, 2.45) is 0 Å². The minimum absolute atomic E-state index is 0.0974. The molecule has 172 valence electrons. The van der Waals surface area contributed by atoms with Gasteiger partial charge in [-0.2, -0.15) is 13.2 Å². The highest BCUT2D eigenvalue weighted by atomic mass is 32.2. The van der Waals surface area contributed by atoms with E-state index in [1.807, 2.05) is 11.8 Å². The lowest BCUT2D eigenvalue weighted by Gasteiger charge is -2.40. The molecule has 0 radical (unpaired) electrons. The van der Waals surface area contributed by atoms with Gasteiger partial charge in [-0.25, -0.2) is 28.1 Å². The summed E-state index contributed by atoms with van der Waals surface area (Å²) in [6.07, 6.45) is 0.588. The molecule has 0 aliphatic carbocycles. The van der Waals surface area contributed by atoms with E-state index in [-0.39, 0.29) is 24.5 Å². The van der Waals surface area contributed by atoms with E-state index in [2.05, 4.69) is 25.0 Å². The van der Waals surface area contributed by atoms with E-state index in [0.29, 0.717) is 30.2 Å². The van der Waals surface area contributed by atoms with Gasteiger partial charge in [0.2, 0.25) is 10.0 Å². The van der Waals surface area contributed by atoms with Crippen LogP contribution >= 0.6 is 0 Å². The summed E-state index contributed by atoms with van der Waals surface area (Å²) >= 11 is 0. The van der Waals surface area contributed by atoms with Crippen molar-refractivity contribution in [2.45, 2.75) is 25.2 Å². The fourth-order valence-corrected chi connectivity index (χ4v) is 4.20. The molecule has 4 rings (SSSR count). The summed E-state index contributed by atoms with van der Waals surface area (Å²) in [7, 11) is -3.32. The molecule has 0 aromatic carbocycles. The molecule has 3 aromatic rings. The van der Waals surface area contributed by atoms with Gasteiger partial charge in [-0.3, -0.25) is 4.40 Å². The standard InChI is InChI=1S/C19H22F3N7O2S/c1-12-14(9-26-32(2,30)31)23-7-8-28(12)17-5-6-24-18(27-17)15-10-25-16-4-3-13(11-29(15)16)19(20,21)22/h3-6,10-12,14,23,26H,7-9H2,1-2H3/t12-,14+/m0/s1. The highest BCUT2D eigenvalue weighted by Crippen LogP contribution is 2.30. The molecule has 32 heavy (non-hydrogen) atoms. The number of hydrogen-bond donors (Lipinski definition) is 2. The Morgan fingerprint density at radius 2 is 2.03 bits per heavy atom. The van der Waals surface area contributed by atoms with Gasteiger partial charge in [0.25, 0.3) is 0 Å². The number of rotatable bonds is 5. The summed E-state index contributed by atoms with van der Waals surface area (Å²) in [6, 6.07) is 3.75.